The number of nitrogens with one attached hydrogen (secondary N) is 1. The van der Waals surface area contributed by atoms with Gasteiger partial charge < -0.3 is 4.90 Å². The molecule has 2 N–H and O–H groups in total. The maximum Gasteiger partial charge on any atom is 0.262 e. The molecule has 33 heavy (non-hydrogen) atoms. The van der Waals surface area contributed by atoms with Crippen LogP contribution in [0.3, 0.4) is 0 Å². The van der Waals surface area contributed by atoms with Gasteiger partial charge in [0.1, 0.15) is 6.04 Å². The zero-order valence-corrected chi connectivity index (χ0v) is 20.8. The quantitative estimate of drug-likeness (QED) is 0.388. The Morgan fingerprint density at radius 2 is 1.64 bits per heavy atom. The molecule has 1 fully saturated rings. The van der Waals surface area contributed by atoms with Gasteiger partial charge in [-0.25, -0.2) is 13.9 Å². The maximum atomic E-state index is 13.7. The molecule has 9 heteroatoms. The Morgan fingerprint density at radius 3 is 2.21 bits per heavy atom. The Bertz CT molecular complexity index is 992. The van der Waals surface area contributed by atoms with Crippen molar-refractivity contribution < 1.29 is 18.4 Å². The van der Waals surface area contributed by atoms with Gasteiger partial charge in [0.15, 0.2) is 0 Å². The Kier molecular flexibility index (Phi) is 9.34. The van der Waals surface area contributed by atoms with E-state index in [4.69, 9.17) is 0 Å². The van der Waals surface area contributed by atoms with E-state index in [0.717, 1.165) is 35.7 Å². The lowest BCUT2D eigenvalue weighted by Gasteiger charge is -2.34. The number of benzene rings is 2. The van der Waals surface area contributed by atoms with Crippen molar-refractivity contribution >= 4 is 27.7 Å². The molecule has 0 aliphatic carbocycles. The summed E-state index contributed by atoms with van der Waals surface area (Å²) in [5.41, 5.74) is 1.66. The first-order valence-corrected chi connectivity index (χ1v) is 13.6. The van der Waals surface area contributed by atoms with Crippen molar-refractivity contribution in [3.63, 3.8) is 0 Å². The van der Waals surface area contributed by atoms with Gasteiger partial charge in [-0.2, -0.15) is 4.31 Å². The molecule has 0 aromatic heterocycles. The Balaban J connectivity index is 1.85. The predicted octanol–water partition coefficient (Wildman–Crippen LogP) is 3.84. The van der Waals surface area contributed by atoms with Gasteiger partial charge in [0.2, 0.25) is 10.0 Å². The van der Waals surface area contributed by atoms with Crippen LogP contribution in [0, 0.1) is 5.92 Å². The smallest absolute Gasteiger partial charge is 0.262 e. The average molecular weight is 492 g/mol. The van der Waals surface area contributed by atoms with E-state index in [1.165, 1.54) is 10.7 Å². The van der Waals surface area contributed by atoms with Crippen LogP contribution in [-0.4, -0.2) is 61.0 Å². The van der Waals surface area contributed by atoms with Crippen molar-refractivity contribution in [2.45, 2.75) is 53.8 Å². The summed E-state index contributed by atoms with van der Waals surface area (Å²) in [6.45, 7) is 6.14. The molecule has 2 aromatic carbocycles. The van der Waals surface area contributed by atoms with Gasteiger partial charge >= 0.3 is 0 Å². The molecule has 1 aliphatic heterocycles. The van der Waals surface area contributed by atoms with Crippen LogP contribution < -0.4 is 5.48 Å². The van der Waals surface area contributed by atoms with Crippen LogP contribution >= 0.6 is 11.8 Å². The predicted molar refractivity (Wildman–Crippen MR) is 130 cm³/mol. The van der Waals surface area contributed by atoms with Crippen molar-refractivity contribution in [3.8, 4) is 0 Å². The molecule has 0 spiro atoms. The Labute approximate surface area is 201 Å². The number of hydrogen-bond donors (Lipinski definition) is 2. The zero-order chi connectivity index (χ0) is 23.8. The molecular formula is C24H33N3O4S2. The zero-order valence-electron chi connectivity index (χ0n) is 19.2. The summed E-state index contributed by atoms with van der Waals surface area (Å²) in [4.78, 5) is 16.9. The first kappa shape index (κ1) is 25.7. The minimum atomic E-state index is -3.97. The second-order valence-corrected chi connectivity index (χ2v) is 11.6. The molecule has 7 nitrogen and oxygen atoms in total. The summed E-state index contributed by atoms with van der Waals surface area (Å²) < 4.78 is 28.6. The second kappa shape index (κ2) is 12.0. The topological polar surface area (TPSA) is 89.9 Å². The van der Waals surface area contributed by atoms with Crippen molar-refractivity contribution in [2.75, 3.05) is 26.2 Å². The highest BCUT2D eigenvalue weighted by molar-refractivity contribution is 7.99. The number of nitrogens with zero attached hydrogens (tertiary/aromatic N) is 2. The van der Waals surface area contributed by atoms with Crippen LogP contribution in [-0.2, 0) is 14.8 Å². The number of hydroxylamine groups is 1. The standard InChI is InChI=1S/C24H33N3O4S2/c1-19(2)23(24(28)25-29)27(18-17-26-15-7-4-8-16-26)33(30,31)22-13-11-21(12-14-22)32-20-9-5-3-6-10-20/h3,5-6,9-14,19,23,29H,4,7-8,15-18H2,1-2H3,(H,25,28)/t23-/m1/s1. The number of sulfonamides is 1. The number of carbonyl (C=O) groups excluding carboxylic acids is 1. The number of piperidine rings is 1. The molecular weight excluding hydrogens is 458 g/mol. The van der Waals surface area contributed by atoms with E-state index >= 15 is 0 Å². The normalized spacial score (nSPS) is 16.2. The third kappa shape index (κ3) is 6.80. The number of carbonyl (C=O) groups is 1. The summed E-state index contributed by atoms with van der Waals surface area (Å²) in [5.74, 6) is -1.04. The third-order valence-corrected chi connectivity index (χ3v) is 8.73. The van der Waals surface area contributed by atoms with Crippen LogP contribution in [0.1, 0.15) is 33.1 Å². The van der Waals surface area contributed by atoms with E-state index in [9.17, 15) is 18.4 Å². The van der Waals surface area contributed by atoms with Gasteiger partial charge in [-0.05, 0) is 68.2 Å². The van der Waals surface area contributed by atoms with E-state index in [0.29, 0.717) is 6.54 Å². The summed E-state index contributed by atoms with van der Waals surface area (Å²) in [6, 6.07) is 15.6. The largest absolute Gasteiger partial charge is 0.302 e. The lowest BCUT2D eigenvalue weighted by molar-refractivity contribution is -0.134. The minimum absolute atomic E-state index is 0.134. The average Bonchev–Trinajstić information content (AvgIpc) is 2.82. The first-order valence-electron chi connectivity index (χ1n) is 11.3. The highest BCUT2D eigenvalue weighted by atomic mass is 32.2. The molecule has 180 valence electrons. The highest BCUT2D eigenvalue weighted by Gasteiger charge is 2.38. The number of rotatable bonds is 10. The van der Waals surface area contributed by atoms with Crippen LogP contribution in [0.4, 0.5) is 0 Å². The molecule has 2 aromatic rings. The van der Waals surface area contributed by atoms with E-state index in [2.05, 4.69) is 4.90 Å². The number of hydrogen-bond acceptors (Lipinski definition) is 6. The van der Waals surface area contributed by atoms with Gasteiger partial charge in [0.25, 0.3) is 5.91 Å². The molecule has 3 rings (SSSR count). The monoisotopic (exact) mass is 491 g/mol. The van der Waals surface area contributed by atoms with Gasteiger partial charge in [0.05, 0.1) is 4.90 Å². The van der Waals surface area contributed by atoms with Crippen LogP contribution in [0.2, 0.25) is 0 Å². The van der Waals surface area contributed by atoms with E-state index < -0.39 is 22.0 Å². The van der Waals surface area contributed by atoms with Crippen molar-refractivity contribution in [1.82, 2.24) is 14.7 Å². The second-order valence-electron chi connectivity index (χ2n) is 8.57. The third-order valence-electron chi connectivity index (χ3n) is 5.82. The Morgan fingerprint density at radius 1 is 1.03 bits per heavy atom. The molecule has 1 heterocycles. The van der Waals surface area contributed by atoms with Crippen LogP contribution in [0.25, 0.3) is 0 Å². The molecule has 0 saturated carbocycles. The molecule has 1 saturated heterocycles. The summed E-state index contributed by atoms with van der Waals surface area (Å²) in [7, 11) is -3.97. The van der Waals surface area contributed by atoms with Crippen molar-refractivity contribution in [2.24, 2.45) is 5.92 Å². The first-order chi connectivity index (χ1) is 15.8. The van der Waals surface area contributed by atoms with Gasteiger partial charge in [-0.1, -0.05) is 50.2 Å². The lowest BCUT2D eigenvalue weighted by atomic mass is 10.0. The summed E-state index contributed by atoms with van der Waals surface area (Å²) in [5, 5.41) is 9.30. The van der Waals surface area contributed by atoms with E-state index in [-0.39, 0.29) is 17.4 Å². The fourth-order valence-corrected chi connectivity index (χ4v) is 6.65. The van der Waals surface area contributed by atoms with Crippen molar-refractivity contribution in [3.05, 3.63) is 54.6 Å². The molecule has 1 atom stereocenters. The van der Waals surface area contributed by atoms with E-state index in [1.807, 2.05) is 30.3 Å². The molecule has 1 aliphatic rings. The molecule has 1 amide bonds. The fraction of sp³-hybridized carbons (Fsp3) is 0.458. The molecule has 0 radical (unpaired) electrons. The Hall–Kier alpha value is -1.91. The van der Waals surface area contributed by atoms with E-state index in [1.54, 1.807) is 55.4 Å². The molecule has 0 unspecified atom stereocenters. The summed E-state index contributed by atoms with van der Waals surface area (Å²) in [6.07, 6.45) is 3.38. The number of likely N-dealkylation sites (tertiary alicyclic amines) is 1. The fourth-order valence-electron chi connectivity index (χ4n) is 4.10. The number of amides is 1. The highest BCUT2D eigenvalue weighted by Crippen LogP contribution is 2.29. The molecule has 0 bridgehead atoms. The summed E-state index contributed by atoms with van der Waals surface area (Å²) >= 11 is 1.55. The van der Waals surface area contributed by atoms with Gasteiger partial charge in [-0.15, -0.1) is 0 Å². The van der Waals surface area contributed by atoms with Crippen molar-refractivity contribution in [1.29, 1.82) is 0 Å². The SMILES string of the molecule is CC(C)[C@H](C(=O)NO)N(CCN1CCCCC1)S(=O)(=O)c1ccc(Sc2ccccc2)cc1. The van der Waals surface area contributed by atoms with Gasteiger partial charge in [0, 0.05) is 22.9 Å². The van der Waals surface area contributed by atoms with Crippen LogP contribution in [0.15, 0.2) is 69.3 Å². The minimum Gasteiger partial charge on any atom is -0.302 e. The lowest BCUT2D eigenvalue weighted by Crippen LogP contribution is -2.53. The van der Waals surface area contributed by atoms with Crippen LogP contribution in [0.5, 0.6) is 0 Å². The van der Waals surface area contributed by atoms with Gasteiger partial charge in [-0.3, -0.25) is 10.0 Å². The maximum absolute atomic E-state index is 13.7.